The Bertz CT molecular complexity index is 3000. The number of nitro benzene ring substituents is 2. The van der Waals surface area contributed by atoms with Gasteiger partial charge in [-0.05, 0) is 63.8 Å². The zero-order chi connectivity index (χ0) is 52.2. The number of hydrogen-bond acceptors (Lipinski definition) is 15. The first-order valence-electron chi connectivity index (χ1n) is 22.3. The second-order valence-corrected chi connectivity index (χ2v) is 19.5. The van der Waals surface area contributed by atoms with Crippen LogP contribution in [0.5, 0.6) is 0 Å². The molecule has 1 heterocycles. The number of non-ortho nitro benzene ring substituents is 2. The number of imide groups is 1. The molecule has 4 atom stereocenters. The number of nitro groups is 2. The largest absolute Gasteiger partial charge is 0.466 e. The van der Waals surface area contributed by atoms with Crippen LogP contribution in [0, 0.1) is 20.2 Å². The fourth-order valence-electron chi connectivity index (χ4n) is 8.40. The lowest BCUT2D eigenvalue weighted by atomic mass is 9.88. The number of ether oxygens (including phenoxy) is 4. The van der Waals surface area contributed by atoms with Gasteiger partial charge in [0.1, 0.15) is 25.3 Å². The number of nitrogens with two attached hydrogens (primary N) is 1. The molecule has 0 bridgehead atoms. The smallest absolute Gasteiger partial charge is 0.417 e. The van der Waals surface area contributed by atoms with Gasteiger partial charge >= 0.3 is 24.0 Å². The summed E-state index contributed by atoms with van der Waals surface area (Å²) in [5, 5.41) is 24.1. The number of rotatable bonds is 18. The molecule has 0 saturated carbocycles. The highest BCUT2D eigenvalue weighted by molar-refractivity contribution is 7.96. The van der Waals surface area contributed by atoms with Crippen LogP contribution in [0.3, 0.4) is 0 Å². The molecule has 0 aliphatic carbocycles. The minimum absolute atomic E-state index is 0.225. The molecule has 19 nitrogen and oxygen atoms in total. The van der Waals surface area contributed by atoms with Crippen molar-refractivity contribution in [2.24, 2.45) is 5.73 Å². The number of amides is 3. The van der Waals surface area contributed by atoms with Crippen LogP contribution in [0.15, 0.2) is 182 Å². The summed E-state index contributed by atoms with van der Waals surface area (Å²) in [6, 6.07) is 37.0. The van der Waals surface area contributed by atoms with Crippen molar-refractivity contribution in [1.29, 1.82) is 0 Å². The standard InChI is InChI=1S/C53H46N5O14P/c1-69-44(59)32-31-43-46(56(49(60)45(54)37-15-7-3-8-16-37)53(64)72-34-36-25-29-39(30-26-36)58(67)68)50(61)55(43)47(51(62)71-33-35-23-27-38(28-24-35)57(65)66)48(52(63)70-2)73(40-17-9-4-10-18-40,41-19-11-5-12-20-41)42-21-13-6-14-22-42/h3-32,43,45-47H,33-34,54H2,1-2H3/t43?,45-,46?,47?/m0/s1. The minimum Gasteiger partial charge on any atom is -0.466 e. The lowest BCUT2D eigenvalue weighted by molar-refractivity contribution is -0.385. The molecule has 372 valence electrons. The van der Waals surface area contributed by atoms with Gasteiger partial charge in [-0.2, -0.15) is 0 Å². The summed E-state index contributed by atoms with van der Waals surface area (Å²) in [6.07, 6.45) is 0.623. The summed E-state index contributed by atoms with van der Waals surface area (Å²) in [4.78, 5) is 112. The van der Waals surface area contributed by atoms with Crippen LogP contribution >= 0.6 is 6.89 Å². The molecule has 6 aromatic carbocycles. The predicted molar refractivity (Wildman–Crippen MR) is 268 cm³/mol. The molecule has 1 fully saturated rings. The molecule has 3 amide bonds. The average Bonchev–Trinajstić information content (AvgIpc) is 3.43. The molecule has 0 spiro atoms. The Morgan fingerprint density at radius 3 is 1.52 bits per heavy atom. The second-order valence-electron chi connectivity index (χ2n) is 16.1. The third kappa shape index (κ3) is 11.0. The quantitative estimate of drug-likeness (QED) is 0.0214. The van der Waals surface area contributed by atoms with Crippen LogP contribution in [0.2, 0.25) is 0 Å². The first-order chi connectivity index (χ1) is 35.2. The zero-order valence-corrected chi connectivity index (χ0v) is 40.0. The van der Waals surface area contributed by atoms with Crippen molar-refractivity contribution in [2.75, 3.05) is 14.2 Å². The highest BCUT2D eigenvalue weighted by atomic mass is 31.2. The Morgan fingerprint density at radius 1 is 0.658 bits per heavy atom. The van der Waals surface area contributed by atoms with Crippen molar-refractivity contribution in [1.82, 2.24) is 9.80 Å². The van der Waals surface area contributed by atoms with Crippen molar-refractivity contribution in [3.63, 3.8) is 0 Å². The summed E-state index contributed by atoms with van der Waals surface area (Å²) in [6.45, 7) is -4.84. The minimum atomic E-state index is -3.76. The molecule has 3 unspecified atom stereocenters. The van der Waals surface area contributed by atoms with Crippen LogP contribution in [0.1, 0.15) is 22.7 Å². The van der Waals surface area contributed by atoms with Crippen molar-refractivity contribution < 1.29 is 57.6 Å². The van der Waals surface area contributed by atoms with Gasteiger partial charge in [-0.1, -0.05) is 127 Å². The molecule has 2 N–H and O–H groups in total. The van der Waals surface area contributed by atoms with E-state index in [0.29, 0.717) is 20.8 Å². The number of nitrogens with zero attached hydrogens (tertiary/aromatic N) is 4. The summed E-state index contributed by atoms with van der Waals surface area (Å²) < 4.78 is 22.1. The number of likely N-dealkylation sites (tertiary alicyclic amines) is 1. The van der Waals surface area contributed by atoms with Gasteiger partial charge < -0.3 is 29.6 Å². The summed E-state index contributed by atoms with van der Waals surface area (Å²) >= 11 is 0. The SMILES string of the molecule is COC(=O)C=CC1C(N(C(=O)OCc2ccc([N+](=O)[O-])cc2)C(=O)[C@@H](N)c2ccccc2)C(=O)N1C(C(=O)OCc1ccc([N+](=O)[O-])cc1)C(C(=O)OC)=P(c1ccccc1)(c1ccccc1)c1ccccc1. The maximum absolute atomic E-state index is 15.6. The van der Waals surface area contributed by atoms with E-state index in [9.17, 15) is 34.6 Å². The highest BCUT2D eigenvalue weighted by Gasteiger charge is 2.60. The Kier molecular flexibility index (Phi) is 16.5. The van der Waals surface area contributed by atoms with Gasteiger partial charge in [-0.15, -0.1) is 0 Å². The van der Waals surface area contributed by atoms with Crippen molar-refractivity contribution >= 4 is 75.3 Å². The first kappa shape index (κ1) is 51.8. The lowest BCUT2D eigenvalue weighted by Crippen LogP contribution is -2.76. The van der Waals surface area contributed by atoms with Gasteiger partial charge in [0.15, 0.2) is 6.04 Å². The number of hydrogen-bond donors (Lipinski definition) is 1. The topological polar surface area (TPSA) is 258 Å². The summed E-state index contributed by atoms with van der Waals surface area (Å²) in [5.74, 6) is -5.49. The normalized spacial score (nSPS) is 14.9. The van der Waals surface area contributed by atoms with Crippen LogP contribution in [-0.4, -0.2) is 93.1 Å². The van der Waals surface area contributed by atoms with Crippen LogP contribution in [0.25, 0.3) is 0 Å². The van der Waals surface area contributed by atoms with Crippen molar-refractivity contribution in [3.8, 4) is 0 Å². The van der Waals surface area contributed by atoms with E-state index in [1.807, 2.05) is 0 Å². The molecule has 0 radical (unpaired) electrons. The van der Waals surface area contributed by atoms with Crippen molar-refractivity contribution in [3.05, 3.63) is 219 Å². The molecule has 7 rings (SSSR count). The van der Waals surface area contributed by atoms with E-state index in [1.54, 1.807) is 109 Å². The zero-order valence-electron chi connectivity index (χ0n) is 39.1. The Balaban J connectivity index is 1.49. The number of β-lactam (4-membered cyclic amide) rings is 1. The third-order valence-electron chi connectivity index (χ3n) is 11.9. The molecule has 0 aromatic heterocycles. The van der Waals surface area contributed by atoms with Gasteiger partial charge in [0.25, 0.3) is 17.3 Å². The molecular weight excluding hydrogens is 962 g/mol. The Morgan fingerprint density at radius 2 is 1.10 bits per heavy atom. The lowest BCUT2D eigenvalue weighted by Gasteiger charge is -2.52. The average molecular weight is 1010 g/mol. The van der Waals surface area contributed by atoms with E-state index in [-0.39, 0.29) is 33.4 Å². The van der Waals surface area contributed by atoms with E-state index in [2.05, 4.69) is 0 Å². The fraction of sp³-hybridized carbons (Fsp3) is 0.151. The Hall–Kier alpha value is -9.06. The summed E-state index contributed by atoms with van der Waals surface area (Å²) in [7, 11) is 2.18. The Labute approximate surface area is 417 Å². The number of carbonyl (C=O) groups is 6. The third-order valence-corrected chi connectivity index (χ3v) is 16.3. The maximum atomic E-state index is 15.6. The predicted octanol–water partition coefficient (Wildman–Crippen LogP) is 5.43. The molecule has 73 heavy (non-hydrogen) atoms. The van der Waals surface area contributed by atoms with E-state index in [1.165, 1.54) is 60.7 Å². The summed E-state index contributed by atoms with van der Waals surface area (Å²) in [5.41, 5.74) is 6.83. The van der Waals surface area contributed by atoms with Crippen LogP contribution in [-0.2, 0) is 56.1 Å². The van der Waals surface area contributed by atoms with Gasteiger partial charge in [0.2, 0.25) is 5.91 Å². The van der Waals surface area contributed by atoms with Gasteiger partial charge in [0, 0.05) is 30.3 Å². The van der Waals surface area contributed by atoms with E-state index >= 15 is 14.4 Å². The first-order valence-corrected chi connectivity index (χ1v) is 24.0. The number of benzene rings is 6. The second kappa shape index (κ2) is 23.2. The van der Waals surface area contributed by atoms with Gasteiger partial charge in [-0.3, -0.25) is 29.8 Å². The van der Waals surface area contributed by atoms with E-state index in [0.717, 1.165) is 31.3 Å². The number of carbonyl (C=O) groups excluding carboxylic acids is 6. The highest BCUT2D eigenvalue weighted by Crippen LogP contribution is 2.49. The van der Waals surface area contributed by atoms with Gasteiger partial charge in [-0.25, -0.2) is 24.1 Å². The molecular formula is C53H46N5O14P. The van der Waals surface area contributed by atoms with E-state index < -0.39 is 89.9 Å². The van der Waals surface area contributed by atoms with Gasteiger partial charge in [0.05, 0.1) is 35.4 Å². The monoisotopic (exact) mass is 1010 g/mol. The van der Waals surface area contributed by atoms with Crippen LogP contribution in [0.4, 0.5) is 16.2 Å². The number of methoxy groups -OCH3 is 2. The fourth-order valence-corrected chi connectivity index (χ4v) is 13.0. The molecule has 1 saturated heterocycles. The van der Waals surface area contributed by atoms with E-state index in [4.69, 9.17) is 24.7 Å². The maximum Gasteiger partial charge on any atom is 0.417 e. The molecule has 20 heteroatoms. The van der Waals surface area contributed by atoms with Crippen molar-refractivity contribution in [2.45, 2.75) is 37.4 Å². The van der Waals surface area contributed by atoms with Crippen LogP contribution < -0.4 is 21.6 Å². The molecule has 6 aromatic rings. The number of esters is 3. The molecule has 1 aliphatic rings. The molecule has 1 aliphatic heterocycles.